The summed E-state index contributed by atoms with van der Waals surface area (Å²) >= 11 is 0. The normalized spacial score (nSPS) is 11.9. The van der Waals surface area contributed by atoms with Crippen molar-refractivity contribution in [1.82, 2.24) is 4.98 Å². The molecule has 2 N–H and O–H groups in total. The number of anilines is 1. The second kappa shape index (κ2) is 4.03. The maximum atomic E-state index is 12.3. The molecule has 1 rings (SSSR count). The summed E-state index contributed by atoms with van der Waals surface area (Å²) in [7, 11) is 0. The molecule has 1 aromatic heterocycles. The third-order valence-corrected chi connectivity index (χ3v) is 1.76. The van der Waals surface area contributed by atoms with E-state index in [0.717, 1.165) is 0 Å². The lowest BCUT2D eigenvalue weighted by Crippen LogP contribution is -2.13. The molecular weight excluding hydrogens is 235 g/mol. The molecule has 0 aliphatic carbocycles. The smallest absolute Gasteiger partial charge is 0.383 e. The van der Waals surface area contributed by atoms with Crippen LogP contribution in [0.25, 0.3) is 0 Å². The van der Waals surface area contributed by atoms with Crippen LogP contribution in [0.15, 0.2) is 6.07 Å². The van der Waals surface area contributed by atoms with E-state index in [9.17, 15) is 26.7 Å². The van der Waals surface area contributed by atoms with Gasteiger partial charge in [-0.1, -0.05) is 0 Å². The van der Waals surface area contributed by atoms with Crippen LogP contribution in [0.3, 0.4) is 0 Å². The second-order valence-electron chi connectivity index (χ2n) is 2.81. The fraction of sp³-hybridized carbons (Fsp3) is 0.250. The van der Waals surface area contributed by atoms with Gasteiger partial charge >= 0.3 is 6.18 Å². The predicted octanol–water partition coefficient (Wildman–Crippen LogP) is 2.43. The molecule has 0 spiro atoms. The van der Waals surface area contributed by atoms with Crippen molar-refractivity contribution < 1.29 is 26.7 Å². The first kappa shape index (κ1) is 12.3. The van der Waals surface area contributed by atoms with Crippen molar-refractivity contribution in [1.29, 1.82) is 0 Å². The molecule has 16 heavy (non-hydrogen) atoms. The molecule has 88 valence electrons. The van der Waals surface area contributed by atoms with Crippen LogP contribution in [0.5, 0.6) is 0 Å². The number of nitrogens with zero attached hydrogens (tertiary/aromatic N) is 1. The number of halogens is 5. The van der Waals surface area contributed by atoms with Gasteiger partial charge in [0.2, 0.25) is 0 Å². The summed E-state index contributed by atoms with van der Waals surface area (Å²) < 4.78 is 61.3. The molecule has 1 heterocycles. The monoisotopic (exact) mass is 240 g/mol. The van der Waals surface area contributed by atoms with Gasteiger partial charge in [-0.2, -0.15) is 13.2 Å². The molecule has 0 saturated heterocycles. The van der Waals surface area contributed by atoms with E-state index < -0.39 is 35.2 Å². The topological polar surface area (TPSA) is 56.0 Å². The number of carbonyl (C=O) groups excluding carboxylic acids is 1. The first-order chi connectivity index (χ1) is 7.27. The Morgan fingerprint density at radius 1 is 1.38 bits per heavy atom. The molecule has 0 fully saturated rings. The molecule has 0 unspecified atom stereocenters. The molecule has 0 bridgehead atoms. The number of rotatable bonds is 2. The van der Waals surface area contributed by atoms with Gasteiger partial charge in [0.1, 0.15) is 11.5 Å². The number of hydrogen-bond acceptors (Lipinski definition) is 3. The minimum absolute atomic E-state index is 0.116. The Kier molecular flexibility index (Phi) is 3.11. The van der Waals surface area contributed by atoms with Gasteiger partial charge in [0.15, 0.2) is 6.29 Å². The van der Waals surface area contributed by atoms with Crippen LogP contribution < -0.4 is 5.73 Å². The zero-order valence-electron chi connectivity index (χ0n) is 7.55. The molecule has 0 aliphatic rings. The van der Waals surface area contributed by atoms with Crippen molar-refractivity contribution in [3.05, 3.63) is 22.9 Å². The Hall–Kier alpha value is -1.73. The highest BCUT2D eigenvalue weighted by Crippen LogP contribution is 2.33. The Balaban J connectivity index is 3.44. The van der Waals surface area contributed by atoms with Gasteiger partial charge in [-0.05, 0) is 6.07 Å². The first-order valence-electron chi connectivity index (χ1n) is 3.88. The van der Waals surface area contributed by atoms with Gasteiger partial charge in [-0.15, -0.1) is 0 Å². The van der Waals surface area contributed by atoms with Gasteiger partial charge in [-0.25, -0.2) is 13.8 Å². The Bertz CT molecular complexity index is 416. The van der Waals surface area contributed by atoms with Gasteiger partial charge < -0.3 is 5.73 Å². The number of alkyl halides is 5. The standard InChI is InChI=1S/C8H5F5N2O/c9-6(10)5-3(2-16)1-4(8(11,12)13)15-7(5)14/h1-2,6H,(H2,14,15). The van der Waals surface area contributed by atoms with Crippen molar-refractivity contribution in [2.24, 2.45) is 0 Å². The highest BCUT2D eigenvalue weighted by Gasteiger charge is 2.34. The third kappa shape index (κ3) is 2.26. The molecule has 8 heteroatoms. The number of nitrogens with two attached hydrogens (primary N) is 1. The summed E-state index contributed by atoms with van der Waals surface area (Å²) in [6.45, 7) is 0. The molecule has 1 aromatic rings. The van der Waals surface area contributed by atoms with E-state index in [0.29, 0.717) is 0 Å². The van der Waals surface area contributed by atoms with Gasteiger partial charge in [0.25, 0.3) is 6.43 Å². The number of nitrogen functional groups attached to an aromatic ring is 1. The largest absolute Gasteiger partial charge is 0.433 e. The lowest BCUT2D eigenvalue weighted by molar-refractivity contribution is -0.141. The lowest BCUT2D eigenvalue weighted by atomic mass is 10.1. The second-order valence-corrected chi connectivity index (χ2v) is 2.81. The van der Waals surface area contributed by atoms with Gasteiger partial charge in [-0.3, -0.25) is 4.79 Å². The summed E-state index contributed by atoms with van der Waals surface area (Å²) in [5.41, 5.74) is 1.68. The minimum Gasteiger partial charge on any atom is -0.383 e. The summed E-state index contributed by atoms with van der Waals surface area (Å²) in [5, 5.41) is 0. The maximum absolute atomic E-state index is 12.3. The summed E-state index contributed by atoms with van der Waals surface area (Å²) in [5.74, 6) is -0.994. The number of hydrogen-bond donors (Lipinski definition) is 1. The van der Waals surface area contributed by atoms with Crippen LogP contribution in [0, 0.1) is 0 Å². The van der Waals surface area contributed by atoms with Gasteiger partial charge in [0.05, 0.1) is 5.56 Å². The predicted molar refractivity (Wildman–Crippen MR) is 44.0 cm³/mol. The van der Waals surface area contributed by atoms with Crippen molar-refractivity contribution in [2.75, 3.05) is 5.73 Å². The molecular formula is C8H5F5N2O. The zero-order valence-corrected chi connectivity index (χ0v) is 7.55. The number of aldehydes is 1. The minimum atomic E-state index is -4.84. The number of carbonyl (C=O) groups is 1. The van der Waals surface area contributed by atoms with Crippen LogP contribution in [-0.4, -0.2) is 11.3 Å². The number of pyridine rings is 1. The van der Waals surface area contributed by atoms with E-state index in [1.807, 2.05) is 0 Å². The van der Waals surface area contributed by atoms with Crippen molar-refractivity contribution in [2.45, 2.75) is 12.6 Å². The van der Waals surface area contributed by atoms with Gasteiger partial charge in [0, 0.05) is 5.56 Å². The highest BCUT2D eigenvalue weighted by atomic mass is 19.4. The molecule has 0 aromatic carbocycles. The van der Waals surface area contributed by atoms with E-state index >= 15 is 0 Å². The average molecular weight is 240 g/mol. The van der Waals surface area contributed by atoms with E-state index in [1.165, 1.54) is 0 Å². The Morgan fingerprint density at radius 2 is 1.94 bits per heavy atom. The van der Waals surface area contributed by atoms with E-state index in [-0.39, 0.29) is 12.4 Å². The zero-order chi connectivity index (χ0) is 12.5. The van der Waals surface area contributed by atoms with Crippen molar-refractivity contribution in [3.63, 3.8) is 0 Å². The van der Waals surface area contributed by atoms with Crippen LogP contribution >= 0.6 is 0 Å². The lowest BCUT2D eigenvalue weighted by Gasteiger charge is -2.11. The summed E-state index contributed by atoms with van der Waals surface area (Å²) in [6, 6.07) is 0.241. The van der Waals surface area contributed by atoms with Crippen molar-refractivity contribution in [3.8, 4) is 0 Å². The maximum Gasteiger partial charge on any atom is 0.433 e. The van der Waals surface area contributed by atoms with Crippen LogP contribution in [0.1, 0.15) is 28.0 Å². The quantitative estimate of drug-likeness (QED) is 0.638. The van der Waals surface area contributed by atoms with Crippen LogP contribution in [-0.2, 0) is 6.18 Å². The SMILES string of the molecule is Nc1nc(C(F)(F)F)cc(C=O)c1C(F)F. The molecule has 0 amide bonds. The number of aromatic nitrogens is 1. The summed E-state index contributed by atoms with van der Waals surface area (Å²) in [6.07, 6.45) is -8.11. The Morgan fingerprint density at radius 3 is 2.31 bits per heavy atom. The molecule has 0 atom stereocenters. The van der Waals surface area contributed by atoms with Crippen LogP contribution in [0.4, 0.5) is 27.8 Å². The third-order valence-electron chi connectivity index (χ3n) is 1.76. The average Bonchev–Trinajstić information content (AvgIpc) is 2.14. The molecule has 0 saturated carbocycles. The van der Waals surface area contributed by atoms with E-state index in [2.05, 4.69) is 4.98 Å². The molecule has 3 nitrogen and oxygen atoms in total. The highest BCUT2D eigenvalue weighted by molar-refractivity contribution is 5.80. The Labute approximate surface area is 86.1 Å². The molecule has 0 radical (unpaired) electrons. The fourth-order valence-corrected chi connectivity index (χ4v) is 1.08. The molecule has 0 aliphatic heterocycles. The van der Waals surface area contributed by atoms with Crippen LogP contribution in [0.2, 0.25) is 0 Å². The van der Waals surface area contributed by atoms with Crippen molar-refractivity contribution >= 4 is 12.1 Å². The summed E-state index contributed by atoms with van der Waals surface area (Å²) in [4.78, 5) is 13.2. The van der Waals surface area contributed by atoms with E-state index in [1.54, 1.807) is 0 Å². The van der Waals surface area contributed by atoms with E-state index in [4.69, 9.17) is 5.73 Å². The fourth-order valence-electron chi connectivity index (χ4n) is 1.08. The first-order valence-corrected chi connectivity index (χ1v) is 3.88.